The van der Waals surface area contributed by atoms with Crippen LogP contribution < -0.4 is 4.74 Å². The topological polar surface area (TPSA) is 29.5 Å². The highest BCUT2D eigenvalue weighted by molar-refractivity contribution is 5.41. The molecule has 2 heteroatoms. The van der Waals surface area contributed by atoms with Gasteiger partial charge in [-0.25, -0.2) is 0 Å². The number of hydrogen-bond acceptors (Lipinski definition) is 2. The molecule has 2 nitrogen and oxygen atoms in total. The smallest absolute Gasteiger partial charge is 0.119 e. The molecule has 136 valence electrons. The van der Waals surface area contributed by atoms with E-state index in [9.17, 15) is 5.11 Å². The van der Waals surface area contributed by atoms with Gasteiger partial charge in [-0.1, -0.05) is 55.0 Å². The molecule has 0 aliphatic heterocycles. The fraction of sp³-hybridized carbons (Fsp3) is 0.333. The molecule has 3 rings (SSSR count). The van der Waals surface area contributed by atoms with Crippen LogP contribution in [0.25, 0.3) is 0 Å². The highest BCUT2D eigenvalue weighted by atomic mass is 16.5. The molecule has 2 aromatic rings. The van der Waals surface area contributed by atoms with Crippen LogP contribution in [-0.2, 0) is 0 Å². The van der Waals surface area contributed by atoms with E-state index in [4.69, 9.17) is 4.74 Å². The molecular weight excluding hydrogens is 320 g/mol. The van der Waals surface area contributed by atoms with Crippen molar-refractivity contribution in [1.29, 1.82) is 0 Å². The lowest BCUT2D eigenvalue weighted by molar-refractivity contribution is 0.340. The van der Waals surface area contributed by atoms with Gasteiger partial charge in [0.15, 0.2) is 0 Å². The fourth-order valence-corrected chi connectivity index (χ4v) is 3.96. The lowest BCUT2D eigenvalue weighted by Crippen LogP contribution is -2.15. The van der Waals surface area contributed by atoms with Gasteiger partial charge in [0.1, 0.15) is 11.5 Å². The molecule has 2 aromatic carbocycles. The van der Waals surface area contributed by atoms with Gasteiger partial charge in [0.05, 0.1) is 6.61 Å². The first-order valence-corrected chi connectivity index (χ1v) is 9.60. The molecule has 26 heavy (non-hydrogen) atoms. The van der Waals surface area contributed by atoms with Crippen molar-refractivity contribution in [3.63, 3.8) is 0 Å². The van der Waals surface area contributed by atoms with Gasteiger partial charge in [-0.3, -0.25) is 0 Å². The SMILES string of the molecule is CCOc1ccc(C(C2=CC(O)=CCC2)C(CC)c2ccccc2)cc1. The third-order valence-electron chi connectivity index (χ3n) is 5.14. The summed E-state index contributed by atoms with van der Waals surface area (Å²) in [5.41, 5.74) is 3.94. The first-order valence-electron chi connectivity index (χ1n) is 9.60. The summed E-state index contributed by atoms with van der Waals surface area (Å²) in [6.07, 6.45) is 6.81. The van der Waals surface area contributed by atoms with Crippen LogP contribution in [0.4, 0.5) is 0 Å². The average Bonchev–Trinajstić information content (AvgIpc) is 2.68. The predicted octanol–water partition coefficient (Wildman–Crippen LogP) is 6.52. The van der Waals surface area contributed by atoms with Crippen LogP contribution in [0.3, 0.4) is 0 Å². The second-order valence-electron chi connectivity index (χ2n) is 6.79. The quantitative estimate of drug-likeness (QED) is 0.617. The minimum Gasteiger partial charge on any atom is -0.508 e. The van der Waals surface area contributed by atoms with Crippen molar-refractivity contribution in [3.8, 4) is 5.75 Å². The number of hydrogen-bond donors (Lipinski definition) is 1. The molecule has 1 N–H and O–H groups in total. The fourth-order valence-electron chi connectivity index (χ4n) is 3.96. The van der Waals surface area contributed by atoms with Crippen molar-refractivity contribution in [3.05, 3.63) is 89.2 Å². The first kappa shape index (κ1) is 18.3. The summed E-state index contributed by atoms with van der Waals surface area (Å²) in [7, 11) is 0. The van der Waals surface area contributed by atoms with Gasteiger partial charge < -0.3 is 9.84 Å². The van der Waals surface area contributed by atoms with Gasteiger partial charge in [-0.2, -0.15) is 0 Å². The standard InChI is InChI=1S/C24H28O2/c1-3-23(18-9-6-5-7-10-18)24(20-11-8-12-21(25)17-20)19-13-15-22(16-14-19)26-4-2/h5-7,9-10,12-17,23-25H,3-4,8,11H2,1-2H3. The summed E-state index contributed by atoms with van der Waals surface area (Å²) < 4.78 is 5.61. The Morgan fingerprint density at radius 3 is 2.31 bits per heavy atom. The average molecular weight is 348 g/mol. The number of ether oxygens (including phenoxy) is 1. The summed E-state index contributed by atoms with van der Waals surface area (Å²) in [4.78, 5) is 0. The highest BCUT2D eigenvalue weighted by Gasteiger charge is 2.27. The van der Waals surface area contributed by atoms with E-state index in [-0.39, 0.29) is 5.92 Å². The van der Waals surface area contributed by atoms with E-state index >= 15 is 0 Å². The molecule has 0 saturated carbocycles. The van der Waals surface area contributed by atoms with Gasteiger partial charge in [0.25, 0.3) is 0 Å². The monoisotopic (exact) mass is 348 g/mol. The molecule has 1 aliphatic carbocycles. The van der Waals surface area contributed by atoms with Crippen molar-refractivity contribution in [2.75, 3.05) is 6.61 Å². The van der Waals surface area contributed by atoms with Crippen LogP contribution in [0.15, 0.2) is 78.1 Å². The number of benzene rings is 2. The second-order valence-corrected chi connectivity index (χ2v) is 6.79. The van der Waals surface area contributed by atoms with E-state index in [2.05, 4.69) is 61.5 Å². The molecule has 0 saturated heterocycles. The number of rotatable bonds is 7. The molecule has 2 atom stereocenters. The van der Waals surface area contributed by atoms with Gasteiger partial charge in [-0.15, -0.1) is 0 Å². The van der Waals surface area contributed by atoms with Crippen molar-refractivity contribution >= 4 is 0 Å². The Labute approximate surface area is 156 Å². The zero-order valence-electron chi connectivity index (χ0n) is 15.7. The molecule has 0 radical (unpaired) electrons. The predicted molar refractivity (Wildman–Crippen MR) is 108 cm³/mol. The van der Waals surface area contributed by atoms with Gasteiger partial charge in [0.2, 0.25) is 0 Å². The normalized spacial score (nSPS) is 16.4. The van der Waals surface area contributed by atoms with E-state index in [1.54, 1.807) is 0 Å². The Hall–Kier alpha value is -2.48. The summed E-state index contributed by atoms with van der Waals surface area (Å²) in [6, 6.07) is 19.2. The maximum Gasteiger partial charge on any atom is 0.119 e. The Balaban J connectivity index is 2.02. The molecule has 2 unspecified atom stereocenters. The van der Waals surface area contributed by atoms with Crippen molar-refractivity contribution in [2.24, 2.45) is 0 Å². The Morgan fingerprint density at radius 1 is 0.962 bits per heavy atom. The highest BCUT2D eigenvalue weighted by Crippen LogP contribution is 2.43. The van der Waals surface area contributed by atoms with Gasteiger partial charge in [-0.05, 0) is 67.5 Å². The molecule has 0 bridgehead atoms. The van der Waals surface area contributed by atoms with E-state index in [1.165, 1.54) is 16.7 Å². The molecule has 1 aliphatic rings. The third kappa shape index (κ3) is 4.19. The molecule has 0 spiro atoms. The van der Waals surface area contributed by atoms with Gasteiger partial charge >= 0.3 is 0 Å². The Morgan fingerprint density at radius 2 is 1.69 bits per heavy atom. The summed E-state index contributed by atoms with van der Waals surface area (Å²) in [5, 5.41) is 10.1. The minimum absolute atomic E-state index is 0.258. The maximum atomic E-state index is 10.1. The van der Waals surface area contributed by atoms with Crippen molar-refractivity contribution in [1.82, 2.24) is 0 Å². The molecule has 0 aromatic heterocycles. The van der Waals surface area contributed by atoms with E-state index in [0.717, 1.165) is 25.0 Å². The molecule has 0 amide bonds. The van der Waals surface area contributed by atoms with Crippen molar-refractivity contribution in [2.45, 2.75) is 44.9 Å². The lowest BCUT2D eigenvalue weighted by Gasteiger charge is -2.31. The first-order chi connectivity index (χ1) is 12.7. The van der Waals surface area contributed by atoms with Crippen molar-refractivity contribution < 1.29 is 9.84 Å². The molecular formula is C24H28O2. The molecule has 0 fully saturated rings. The number of aliphatic hydroxyl groups excluding tert-OH is 1. The van der Waals surface area contributed by atoms with Gasteiger partial charge in [0, 0.05) is 5.92 Å². The second kappa shape index (κ2) is 8.75. The van der Waals surface area contributed by atoms with Crippen LogP contribution >= 0.6 is 0 Å². The summed E-state index contributed by atoms with van der Waals surface area (Å²) in [6.45, 7) is 4.92. The Kier molecular flexibility index (Phi) is 6.17. The van der Waals surface area contributed by atoms with E-state index in [0.29, 0.717) is 18.3 Å². The lowest BCUT2D eigenvalue weighted by atomic mass is 9.73. The Bertz CT molecular complexity index is 757. The van der Waals surface area contributed by atoms with E-state index in [1.807, 2.05) is 19.1 Å². The van der Waals surface area contributed by atoms with Crippen LogP contribution in [0.2, 0.25) is 0 Å². The minimum atomic E-state index is 0.258. The number of aliphatic hydroxyl groups is 1. The summed E-state index contributed by atoms with van der Waals surface area (Å²) >= 11 is 0. The summed E-state index contributed by atoms with van der Waals surface area (Å²) in [5.74, 6) is 1.94. The zero-order valence-corrected chi connectivity index (χ0v) is 15.7. The molecule has 0 heterocycles. The third-order valence-corrected chi connectivity index (χ3v) is 5.14. The van der Waals surface area contributed by atoms with E-state index < -0.39 is 0 Å². The number of allylic oxidation sites excluding steroid dienone is 3. The van der Waals surface area contributed by atoms with Crippen LogP contribution in [-0.4, -0.2) is 11.7 Å². The largest absolute Gasteiger partial charge is 0.508 e. The van der Waals surface area contributed by atoms with Crippen LogP contribution in [0.5, 0.6) is 5.75 Å². The van der Waals surface area contributed by atoms with Crippen LogP contribution in [0, 0.1) is 0 Å². The maximum absolute atomic E-state index is 10.1. The van der Waals surface area contributed by atoms with Crippen LogP contribution in [0.1, 0.15) is 56.1 Å². The zero-order chi connectivity index (χ0) is 18.4.